The number of aliphatic hydroxyl groups is 1. The van der Waals surface area contributed by atoms with Gasteiger partial charge in [0.25, 0.3) is 0 Å². The van der Waals surface area contributed by atoms with E-state index in [4.69, 9.17) is 9.84 Å². The summed E-state index contributed by atoms with van der Waals surface area (Å²) in [6, 6.07) is 8.66. The van der Waals surface area contributed by atoms with E-state index in [0.717, 1.165) is 37.1 Å². The molecule has 0 unspecified atom stereocenters. The SMILES string of the molecule is Cc1ccc(C[C@@H]2CCCN2C[C@H](O)CO[C@H](C)c2ccc(C(F)(F)F)cc2CCC(=O)O)cc1F. The first kappa shape index (κ1) is 28.1. The molecule has 1 aliphatic heterocycles. The highest BCUT2D eigenvalue weighted by atomic mass is 19.4. The van der Waals surface area contributed by atoms with Crippen LogP contribution in [0.3, 0.4) is 0 Å². The number of hydrogen-bond acceptors (Lipinski definition) is 4. The summed E-state index contributed by atoms with van der Waals surface area (Å²) in [4.78, 5) is 13.1. The van der Waals surface area contributed by atoms with Gasteiger partial charge in [0.2, 0.25) is 0 Å². The van der Waals surface area contributed by atoms with Crippen molar-refractivity contribution in [2.45, 2.75) is 70.4 Å². The number of rotatable bonds is 11. The lowest BCUT2D eigenvalue weighted by Gasteiger charge is -2.28. The van der Waals surface area contributed by atoms with Crippen molar-refractivity contribution in [3.05, 3.63) is 70.0 Å². The zero-order chi connectivity index (χ0) is 26.5. The first-order valence-electron chi connectivity index (χ1n) is 12.1. The zero-order valence-corrected chi connectivity index (χ0v) is 20.5. The zero-order valence-electron chi connectivity index (χ0n) is 20.5. The van der Waals surface area contributed by atoms with Gasteiger partial charge in [0, 0.05) is 19.0 Å². The van der Waals surface area contributed by atoms with Crippen LogP contribution in [0.15, 0.2) is 36.4 Å². The van der Waals surface area contributed by atoms with Crippen LogP contribution in [0.5, 0.6) is 0 Å². The Morgan fingerprint density at radius 3 is 2.64 bits per heavy atom. The van der Waals surface area contributed by atoms with E-state index < -0.39 is 29.9 Å². The molecule has 0 spiro atoms. The van der Waals surface area contributed by atoms with E-state index in [-0.39, 0.29) is 36.9 Å². The van der Waals surface area contributed by atoms with Crippen molar-refractivity contribution < 1.29 is 37.3 Å². The molecular weight excluding hydrogens is 478 g/mol. The quantitative estimate of drug-likeness (QED) is 0.400. The molecule has 0 radical (unpaired) electrons. The number of aliphatic carboxylic acids is 1. The molecule has 0 aromatic heterocycles. The molecule has 0 aliphatic carbocycles. The molecule has 3 rings (SSSR count). The maximum Gasteiger partial charge on any atom is 0.416 e. The molecule has 36 heavy (non-hydrogen) atoms. The van der Waals surface area contributed by atoms with Gasteiger partial charge >= 0.3 is 12.1 Å². The van der Waals surface area contributed by atoms with E-state index >= 15 is 0 Å². The Bertz CT molecular complexity index is 1040. The van der Waals surface area contributed by atoms with Gasteiger partial charge in [-0.2, -0.15) is 13.2 Å². The van der Waals surface area contributed by atoms with Crippen LogP contribution in [-0.4, -0.2) is 52.9 Å². The Kier molecular flexibility index (Phi) is 9.49. The number of benzene rings is 2. The van der Waals surface area contributed by atoms with Crippen molar-refractivity contribution >= 4 is 5.97 Å². The standard InChI is InChI=1S/C27H33F4NO4/c1-17-5-6-19(13-25(17)28)12-22-4-3-11-32(22)15-23(33)16-36-18(2)24-9-8-21(27(29,30)31)14-20(24)7-10-26(34)35/h5-6,8-9,13-14,18,22-23,33H,3-4,7,10-12,15-16H2,1-2H3,(H,34,35)/t18-,22+,23+/m1/s1. The van der Waals surface area contributed by atoms with Gasteiger partial charge in [0.15, 0.2) is 0 Å². The van der Waals surface area contributed by atoms with Crippen molar-refractivity contribution in [1.29, 1.82) is 0 Å². The molecule has 1 heterocycles. The number of aryl methyl sites for hydroxylation is 2. The Labute approximate surface area is 208 Å². The lowest BCUT2D eigenvalue weighted by atomic mass is 9.96. The van der Waals surface area contributed by atoms with Crippen molar-refractivity contribution in [3.63, 3.8) is 0 Å². The van der Waals surface area contributed by atoms with Gasteiger partial charge in [-0.25, -0.2) is 4.39 Å². The van der Waals surface area contributed by atoms with Crippen LogP contribution >= 0.6 is 0 Å². The summed E-state index contributed by atoms with van der Waals surface area (Å²) in [5.41, 5.74) is 1.40. The second-order valence-electron chi connectivity index (χ2n) is 9.51. The average molecular weight is 512 g/mol. The highest BCUT2D eigenvalue weighted by molar-refractivity contribution is 5.67. The smallest absolute Gasteiger partial charge is 0.416 e. The number of alkyl halides is 3. The van der Waals surface area contributed by atoms with E-state index in [1.54, 1.807) is 26.0 Å². The maximum absolute atomic E-state index is 13.9. The molecule has 0 amide bonds. The number of hydrogen-bond donors (Lipinski definition) is 2. The van der Waals surface area contributed by atoms with E-state index in [0.29, 0.717) is 24.1 Å². The molecule has 0 bridgehead atoms. The number of carbonyl (C=O) groups is 1. The Hall–Kier alpha value is -2.49. The summed E-state index contributed by atoms with van der Waals surface area (Å²) in [6.07, 6.45) is -3.74. The highest BCUT2D eigenvalue weighted by Gasteiger charge is 2.32. The monoisotopic (exact) mass is 511 g/mol. The number of halogens is 4. The van der Waals surface area contributed by atoms with Gasteiger partial charge in [0.05, 0.1) is 24.4 Å². The second-order valence-corrected chi connectivity index (χ2v) is 9.51. The molecule has 1 fully saturated rings. The van der Waals surface area contributed by atoms with Gasteiger partial charge in [-0.15, -0.1) is 0 Å². The van der Waals surface area contributed by atoms with Gasteiger partial charge in [-0.3, -0.25) is 9.69 Å². The Balaban J connectivity index is 1.59. The van der Waals surface area contributed by atoms with Crippen LogP contribution in [0.25, 0.3) is 0 Å². The third kappa shape index (κ3) is 7.75. The molecule has 1 saturated heterocycles. The van der Waals surface area contributed by atoms with Gasteiger partial charge in [-0.1, -0.05) is 18.2 Å². The van der Waals surface area contributed by atoms with Crippen molar-refractivity contribution in [2.24, 2.45) is 0 Å². The van der Waals surface area contributed by atoms with Crippen LogP contribution in [0, 0.1) is 12.7 Å². The van der Waals surface area contributed by atoms with Crippen LogP contribution in [-0.2, 0) is 28.5 Å². The lowest BCUT2D eigenvalue weighted by molar-refractivity contribution is -0.137. The molecule has 2 aromatic rings. The number of nitrogens with zero attached hydrogens (tertiary/aromatic N) is 1. The fraction of sp³-hybridized carbons (Fsp3) is 0.519. The fourth-order valence-corrected chi connectivity index (χ4v) is 4.71. The molecule has 1 aliphatic rings. The van der Waals surface area contributed by atoms with Gasteiger partial charge in [-0.05, 0) is 86.5 Å². The number of aliphatic hydroxyl groups excluding tert-OH is 1. The van der Waals surface area contributed by atoms with Gasteiger partial charge in [0.1, 0.15) is 5.82 Å². The first-order chi connectivity index (χ1) is 16.9. The lowest BCUT2D eigenvalue weighted by Crippen LogP contribution is -2.39. The largest absolute Gasteiger partial charge is 0.481 e. The topological polar surface area (TPSA) is 70.0 Å². The Morgan fingerprint density at radius 1 is 1.22 bits per heavy atom. The van der Waals surface area contributed by atoms with E-state index in [1.165, 1.54) is 6.07 Å². The minimum Gasteiger partial charge on any atom is -0.481 e. The van der Waals surface area contributed by atoms with Crippen LogP contribution < -0.4 is 0 Å². The number of ether oxygens (including phenoxy) is 1. The maximum atomic E-state index is 13.9. The third-order valence-electron chi connectivity index (χ3n) is 6.71. The first-order valence-corrected chi connectivity index (χ1v) is 12.1. The number of carboxylic acids is 1. The molecule has 9 heteroatoms. The summed E-state index contributed by atoms with van der Waals surface area (Å²) in [7, 11) is 0. The molecule has 5 nitrogen and oxygen atoms in total. The molecular formula is C27H33F4NO4. The summed E-state index contributed by atoms with van der Waals surface area (Å²) < 4.78 is 59.2. The minimum atomic E-state index is -4.53. The average Bonchev–Trinajstić information content (AvgIpc) is 3.23. The number of likely N-dealkylation sites (tertiary alicyclic amines) is 1. The molecule has 3 atom stereocenters. The van der Waals surface area contributed by atoms with Crippen LogP contribution in [0.1, 0.15) is 60.1 Å². The summed E-state index contributed by atoms with van der Waals surface area (Å²) in [6.45, 7) is 4.54. The normalized spacial score (nSPS) is 18.4. The van der Waals surface area contributed by atoms with Crippen LogP contribution in [0.4, 0.5) is 17.6 Å². The predicted octanol–water partition coefficient (Wildman–Crippen LogP) is 5.32. The summed E-state index contributed by atoms with van der Waals surface area (Å²) >= 11 is 0. The molecule has 0 saturated carbocycles. The predicted molar refractivity (Wildman–Crippen MR) is 127 cm³/mol. The second kappa shape index (κ2) is 12.2. The van der Waals surface area contributed by atoms with Crippen molar-refractivity contribution in [2.75, 3.05) is 19.7 Å². The van der Waals surface area contributed by atoms with Crippen molar-refractivity contribution in [1.82, 2.24) is 4.90 Å². The molecule has 2 N–H and O–H groups in total. The number of carboxylic acid groups (broad SMARTS) is 1. The molecule has 2 aromatic carbocycles. The minimum absolute atomic E-state index is 0.0249. The van der Waals surface area contributed by atoms with Crippen molar-refractivity contribution in [3.8, 4) is 0 Å². The fourth-order valence-electron chi connectivity index (χ4n) is 4.71. The Morgan fingerprint density at radius 2 is 1.97 bits per heavy atom. The summed E-state index contributed by atoms with van der Waals surface area (Å²) in [5.74, 6) is -1.33. The van der Waals surface area contributed by atoms with E-state index in [1.807, 2.05) is 6.07 Å². The van der Waals surface area contributed by atoms with E-state index in [9.17, 15) is 27.5 Å². The van der Waals surface area contributed by atoms with Gasteiger partial charge < -0.3 is 14.9 Å². The third-order valence-corrected chi connectivity index (χ3v) is 6.71. The summed E-state index contributed by atoms with van der Waals surface area (Å²) in [5, 5.41) is 19.6. The van der Waals surface area contributed by atoms with E-state index in [2.05, 4.69) is 4.90 Å². The number of β-amino-alcohol motifs (C(OH)–C–C–N with tert-alkyl or cyclic N) is 1. The van der Waals surface area contributed by atoms with Crippen LogP contribution in [0.2, 0.25) is 0 Å². The highest BCUT2D eigenvalue weighted by Crippen LogP contribution is 2.33. The molecule has 198 valence electrons.